The lowest BCUT2D eigenvalue weighted by Crippen LogP contribution is -2.30. The molecule has 0 aliphatic rings. The molecule has 2 N–H and O–H groups in total. The molecule has 0 radical (unpaired) electrons. The minimum atomic E-state index is -0.456. The summed E-state index contributed by atoms with van der Waals surface area (Å²) in [5.41, 5.74) is 0.783. The summed E-state index contributed by atoms with van der Waals surface area (Å²) in [7, 11) is 1.33. The third kappa shape index (κ3) is 8.05. The van der Waals surface area contributed by atoms with Crippen molar-refractivity contribution in [2.24, 2.45) is 0 Å². The van der Waals surface area contributed by atoms with Crippen LogP contribution >= 0.6 is 11.8 Å². The number of hydrogen-bond donors (Lipinski definition) is 2. The van der Waals surface area contributed by atoms with E-state index in [1.807, 2.05) is 0 Å². The largest absolute Gasteiger partial charge is 0.469 e. The van der Waals surface area contributed by atoms with Crippen LogP contribution < -0.4 is 10.6 Å². The topological polar surface area (TPSA) is 111 Å². The molecular weight excluding hydrogens is 322 g/mol. The number of non-ortho nitro benzene ring substituents is 1. The Balaban J connectivity index is 2.11. The molecule has 1 aromatic rings. The Morgan fingerprint density at radius 1 is 1.26 bits per heavy atom. The zero-order valence-corrected chi connectivity index (χ0v) is 13.6. The molecule has 0 bridgehead atoms. The fourth-order valence-electron chi connectivity index (χ4n) is 1.58. The normalized spacial score (nSPS) is 9.96. The Morgan fingerprint density at radius 3 is 2.57 bits per heavy atom. The maximum absolute atomic E-state index is 11.5. The molecule has 0 unspecified atom stereocenters. The van der Waals surface area contributed by atoms with Gasteiger partial charge >= 0.3 is 5.97 Å². The highest BCUT2D eigenvalue weighted by atomic mass is 32.2. The molecule has 0 aliphatic carbocycles. The second kappa shape index (κ2) is 10.4. The van der Waals surface area contributed by atoms with Gasteiger partial charge in [0.05, 0.1) is 24.2 Å². The molecule has 0 aromatic heterocycles. The van der Waals surface area contributed by atoms with Crippen molar-refractivity contribution in [3.05, 3.63) is 34.4 Å². The first kappa shape index (κ1) is 18.8. The molecule has 0 aliphatic heterocycles. The van der Waals surface area contributed by atoms with Crippen molar-refractivity contribution in [2.45, 2.75) is 6.42 Å². The lowest BCUT2D eigenvalue weighted by atomic mass is 10.3. The van der Waals surface area contributed by atoms with Gasteiger partial charge < -0.3 is 15.4 Å². The highest BCUT2D eigenvalue weighted by Crippen LogP contribution is 2.14. The first-order valence-corrected chi connectivity index (χ1v) is 8.08. The number of ether oxygens (including phenoxy) is 1. The fraction of sp³-hybridized carbons (Fsp3) is 0.429. The average Bonchev–Trinajstić information content (AvgIpc) is 2.55. The molecule has 126 valence electrons. The minimum Gasteiger partial charge on any atom is -0.469 e. The molecule has 1 aromatic carbocycles. The standard InChI is InChI=1S/C14H19N3O5S/c1-22-14(19)6-9-23-10-13(18)16-8-7-15-11-2-4-12(5-3-11)17(20)21/h2-5,15H,6-10H2,1H3,(H,16,18). The van der Waals surface area contributed by atoms with E-state index in [2.05, 4.69) is 15.4 Å². The van der Waals surface area contributed by atoms with Gasteiger partial charge in [-0.05, 0) is 12.1 Å². The third-order valence-electron chi connectivity index (χ3n) is 2.77. The maximum Gasteiger partial charge on any atom is 0.306 e. The number of anilines is 1. The van der Waals surface area contributed by atoms with Crippen LogP contribution in [0.3, 0.4) is 0 Å². The Labute approximate surface area is 138 Å². The molecule has 8 nitrogen and oxygen atoms in total. The molecule has 0 fully saturated rings. The number of hydrogen-bond acceptors (Lipinski definition) is 7. The van der Waals surface area contributed by atoms with Gasteiger partial charge in [0.25, 0.3) is 5.69 Å². The molecule has 1 rings (SSSR count). The Morgan fingerprint density at radius 2 is 1.96 bits per heavy atom. The summed E-state index contributed by atoms with van der Waals surface area (Å²) in [6.45, 7) is 0.948. The molecule has 1 amide bonds. The van der Waals surface area contributed by atoms with Crippen LogP contribution in [-0.4, -0.2) is 48.5 Å². The number of carbonyl (C=O) groups excluding carboxylic acids is 2. The van der Waals surface area contributed by atoms with Gasteiger partial charge in [0.15, 0.2) is 0 Å². The van der Waals surface area contributed by atoms with E-state index in [1.54, 1.807) is 12.1 Å². The third-order valence-corrected chi connectivity index (χ3v) is 3.72. The highest BCUT2D eigenvalue weighted by molar-refractivity contribution is 7.99. The summed E-state index contributed by atoms with van der Waals surface area (Å²) in [5, 5.41) is 16.3. The summed E-state index contributed by atoms with van der Waals surface area (Å²) in [6, 6.07) is 6.06. The number of amides is 1. The fourth-order valence-corrected chi connectivity index (χ4v) is 2.33. The molecule has 0 heterocycles. The molecule has 0 saturated carbocycles. The van der Waals surface area contributed by atoms with Crippen LogP contribution in [0.25, 0.3) is 0 Å². The van der Waals surface area contributed by atoms with Gasteiger partial charge in [0.2, 0.25) is 5.91 Å². The smallest absolute Gasteiger partial charge is 0.306 e. The molecule has 0 atom stereocenters. The summed E-state index contributed by atoms with van der Waals surface area (Å²) >= 11 is 1.37. The Hall–Kier alpha value is -2.29. The number of nitrogens with zero attached hydrogens (tertiary/aromatic N) is 1. The van der Waals surface area contributed by atoms with Crippen LogP contribution in [0, 0.1) is 10.1 Å². The summed E-state index contributed by atoms with van der Waals surface area (Å²) in [5.74, 6) is 0.436. The summed E-state index contributed by atoms with van der Waals surface area (Å²) < 4.78 is 4.50. The van der Waals surface area contributed by atoms with Crippen molar-refractivity contribution in [3.63, 3.8) is 0 Å². The van der Waals surface area contributed by atoms with E-state index in [0.29, 0.717) is 18.8 Å². The Kier molecular flexibility index (Phi) is 8.51. The van der Waals surface area contributed by atoms with Crippen LogP contribution in [0.1, 0.15) is 6.42 Å². The number of carbonyl (C=O) groups is 2. The van der Waals surface area contributed by atoms with Crippen molar-refractivity contribution in [2.75, 3.05) is 37.0 Å². The monoisotopic (exact) mass is 341 g/mol. The van der Waals surface area contributed by atoms with Crippen molar-refractivity contribution >= 4 is 35.0 Å². The summed E-state index contributed by atoms with van der Waals surface area (Å²) in [6.07, 6.45) is 0.288. The van der Waals surface area contributed by atoms with Gasteiger partial charge in [-0.25, -0.2) is 0 Å². The van der Waals surface area contributed by atoms with Gasteiger partial charge in [-0.2, -0.15) is 11.8 Å². The van der Waals surface area contributed by atoms with Crippen LogP contribution in [0.5, 0.6) is 0 Å². The lowest BCUT2D eigenvalue weighted by molar-refractivity contribution is -0.384. The second-order valence-corrected chi connectivity index (χ2v) is 5.56. The van der Waals surface area contributed by atoms with Crippen LogP contribution in [-0.2, 0) is 14.3 Å². The number of thioether (sulfide) groups is 1. The van der Waals surface area contributed by atoms with E-state index in [1.165, 1.54) is 31.0 Å². The van der Waals surface area contributed by atoms with Gasteiger partial charge in [-0.15, -0.1) is 0 Å². The molecule has 0 spiro atoms. The van der Waals surface area contributed by atoms with E-state index in [0.717, 1.165) is 5.69 Å². The van der Waals surface area contributed by atoms with E-state index in [4.69, 9.17) is 0 Å². The molecular formula is C14H19N3O5S. The number of esters is 1. The minimum absolute atomic E-state index is 0.0350. The number of nitro benzene ring substituents is 1. The van der Waals surface area contributed by atoms with Crippen molar-refractivity contribution in [1.82, 2.24) is 5.32 Å². The zero-order chi connectivity index (χ0) is 17.1. The molecule has 9 heteroatoms. The number of nitro groups is 1. The van der Waals surface area contributed by atoms with Gasteiger partial charge in [-0.3, -0.25) is 19.7 Å². The quantitative estimate of drug-likeness (QED) is 0.286. The first-order chi connectivity index (χ1) is 11.0. The van der Waals surface area contributed by atoms with E-state index < -0.39 is 4.92 Å². The van der Waals surface area contributed by atoms with Crippen molar-refractivity contribution in [3.8, 4) is 0 Å². The van der Waals surface area contributed by atoms with E-state index in [-0.39, 0.29) is 29.7 Å². The van der Waals surface area contributed by atoms with E-state index >= 15 is 0 Å². The van der Waals surface area contributed by atoms with Gasteiger partial charge in [0, 0.05) is 36.7 Å². The van der Waals surface area contributed by atoms with Gasteiger partial charge in [-0.1, -0.05) is 0 Å². The molecule has 23 heavy (non-hydrogen) atoms. The first-order valence-electron chi connectivity index (χ1n) is 6.92. The second-order valence-electron chi connectivity index (χ2n) is 4.46. The predicted octanol–water partition coefficient (Wildman–Crippen LogP) is 1.42. The van der Waals surface area contributed by atoms with Gasteiger partial charge in [0.1, 0.15) is 0 Å². The number of nitrogens with one attached hydrogen (secondary N) is 2. The van der Waals surface area contributed by atoms with E-state index in [9.17, 15) is 19.7 Å². The summed E-state index contributed by atoms with van der Waals surface area (Å²) in [4.78, 5) is 32.5. The lowest BCUT2D eigenvalue weighted by Gasteiger charge is -2.08. The molecule has 0 saturated heterocycles. The maximum atomic E-state index is 11.5. The Bertz CT molecular complexity index is 536. The SMILES string of the molecule is COC(=O)CCSCC(=O)NCCNc1ccc([N+](=O)[O-])cc1. The number of methoxy groups -OCH3 is 1. The highest BCUT2D eigenvalue weighted by Gasteiger charge is 2.05. The van der Waals surface area contributed by atoms with Crippen molar-refractivity contribution < 1.29 is 19.2 Å². The van der Waals surface area contributed by atoms with Crippen LogP contribution in [0.2, 0.25) is 0 Å². The number of rotatable bonds is 10. The van der Waals surface area contributed by atoms with Crippen molar-refractivity contribution in [1.29, 1.82) is 0 Å². The zero-order valence-electron chi connectivity index (χ0n) is 12.7. The van der Waals surface area contributed by atoms with Crippen LogP contribution in [0.4, 0.5) is 11.4 Å². The number of benzene rings is 1. The average molecular weight is 341 g/mol. The van der Waals surface area contributed by atoms with Crippen LogP contribution in [0.15, 0.2) is 24.3 Å². The predicted molar refractivity (Wildman–Crippen MR) is 88.6 cm³/mol.